The van der Waals surface area contributed by atoms with E-state index in [1.165, 1.54) is 0 Å². The first-order valence-corrected chi connectivity index (χ1v) is 7.87. The molecular formula is C15H17ClN2O2S. The molecule has 0 saturated carbocycles. The van der Waals surface area contributed by atoms with Crippen molar-refractivity contribution in [2.75, 3.05) is 12.4 Å². The van der Waals surface area contributed by atoms with E-state index in [1.807, 2.05) is 35.0 Å². The monoisotopic (exact) mass is 324 g/mol. The topological polar surface area (TPSA) is 36.3 Å². The molecule has 0 spiro atoms. The van der Waals surface area contributed by atoms with Crippen molar-refractivity contribution in [3.05, 3.63) is 53.6 Å². The summed E-state index contributed by atoms with van der Waals surface area (Å²) in [6.07, 6.45) is 6.20. The lowest BCUT2D eigenvalue weighted by Gasteiger charge is -2.29. The molecule has 6 heteroatoms. The summed E-state index contributed by atoms with van der Waals surface area (Å²) in [5, 5.41) is 0.701. The number of hydrogen-bond donors (Lipinski definition) is 1. The lowest BCUT2D eigenvalue weighted by molar-refractivity contribution is -0.181. The van der Waals surface area contributed by atoms with Gasteiger partial charge in [-0.25, -0.2) is 4.98 Å². The molecule has 2 heterocycles. The highest BCUT2D eigenvalue weighted by Gasteiger charge is 2.42. The molecule has 3 rings (SSSR count). The van der Waals surface area contributed by atoms with E-state index in [0.717, 1.165) is 12.1 Å². The van der Waals surface area contributed by atoms with E-state index in [0.29, 0.717) is 23.8 Å². The Bertz CT molecular complexity index is 576. The Kier molecular flexibility index (Phi) is 4.54. The normalized spacial score (nSPS) is 25.3. The van der Waals surface area contributed by atoms with Crippen LogP contribution < -0.4 is 0 Å². The molecule has 0 bridgehead atoms. The van der Waals surface area contributed by atoms with Gasteiger partial charge in [-0.05, 0) is 12.1 Å². The number of ether oxygens (including phenoxy) is 2. The van der Waals surface area contributed by atoms with E-state index in [1.54, 1.807) is 12.5 Å². The Hall–Kier alpha value is -1.01. The Morgan fingerprint density at radius 3 is 2.81 bits per heavy atom. The predicted molar refractivity (Wildman–Crippen MR) is 84.7 cm³/mol. The summed E-state index contributed by atoms with van der Waals surface area (Å²) in [6.45, 7) is 1.32. The number of imidazole rings is 1. The van der Waals surface area contributed by atoms with E-state index < -0.39 is 5.79 Å². The van der Waals surface area contributed by atoms with Crippen molar-refractivity contribution in [3.8, 4) is 0 Å². The van der Waals surface area contributed by atoms with Crippen LogP contribution in [-0.4, -0.2) is 28.0 Å². The second-order valence-electron chi connectivity index (χ2n) is 5.04. The Morgan fingerprint density at radius 1 is 1.38 bits per heavy atom. The third-order valence-corrected chi connectivity index (χ3v) is 4.26. The maximum atomic E-state index is 6.15. The molecule has 0 amide bonds. The summed E-state index contributed by atoms with van der Waals surface area (Å²) < 4.78 is 14.2. The lowest BCUT2D eigenvalue weighted by Crippen LogP contribution is -2.30. The second-order valence-corrected chi connectivity index (χ2v) is 5.85. The lowest BCUT2D eigenvalue weighted by atomic mass is 10.0. The van der Waals surface area contributed by atoms with E-state index in [2.05, 4.69) is 17.6 Å². The van der Waals surface area contributed by atoms with E-state index in [9.17, 15) is 0 Å². The molecule has 1 aromatic heterocycles. The van der Waals surface area contributed by atoms with E-state index in [-0.39, 0.29) is 6.10 Å². The molecule has 4 nitrogen and oxygen atoms in total. The van der Waals surface area contributed by atoms with Gasteiger partial charge in [-0.15, -0.1) is 0 Å². The van der Waals surface area contributed by atoms with Gasteiger partial charge in [-0.3, -0.25) is 0 Å². The molecule has 2 aromatic rings. The molecule has 1 fully saturated rings. The minimum atomic E-state index is -0.734. The Labute approximate surface area is 134 Å². The molecule has 0 aliphatic carbocycles. The van der Waals surface area contributed by atoms with Gasteiger partial charge >= 0.3 is 0 Å². The standard InChI is InChI=1S/C15H17ClN2O2S/c16-13-3-1-12(2-4-13)15(19-9-14(10-21)20-15)5-7-18-8-6-17-11-18/h1-4,6,8,11,14,21H,5,7,9-10H2/t14-,15+/m0/s1. The first kappa shape index (κ1) is 14.9. The van der Waals surface area contributed by atoms with Crippen LogP contribution in [0.3, 0.4) is 0 Å². The summed E-state index contributed by atoms with van der Waals surface area (Å²) >= 11 is 10.3. The summed E-state index contributed by atoms with van der Waals surface area (Å²) in [5.74, 6) is -0.0946. The summed E-state index contributed by atoms with van der Waals surface area (Å²) in [6, 6.07) is 7.63. The summed E-state index contributed by atoms with van der Waals surface area (Å²) in [5.41, 5.74) is 0.983. The van der Waals surface area contributed by atoms with Crippen LogP contribution in [0.5, 0.6) is 0 Å². The summed E-state index contributed by atoms with van der Waals surface area (Å²) in [4.78, 5) is 4.06. The number of benzene rings is 1. The van der Waals surface area contributed by atoms with Gasteiger partial charge in [0, 0.05) is 41.7 Å². The van der Waals surface area contributed by atoms with Gasteiger partial charge < -0.3 is 14.0 Å². The molecule has 1 aliphatic rings. The quantitative estimate of drug-likeness (QED) is 0.858. The van der Waals surface area contributed by atoms with E-state index >= 15 is 0 Å². The van der Waals surface area contributed by atoms with Crippen molar-refractivity contribution in [1.82, 2.24) is 9.55 Å². The molecule has 1 aliphatic heterocycles. The average molecular weight is 325 g/mol. The van der Waals surface area contributed by atoms with Crippen molar-refractivity contribution in [2.45, 2.75) is 24.9 Å². The minimum absolute atomic E-state index is 0.00630. The fourth-order valence-corrected chi connectivity index (χ4v) is 2.79. The van der Waals surface area contributed by atoms with E-state index in [4.69, 9.17) is 21.1 Å². The van der Waals surface area contributed by atoms with Gasteiger partial charge in [0.15, 0.2) is 5.79 Å². The summed E-state index contributed by atoms with van der Waals surface area (Å²) in [7, 11) is 0. The third-order valence-electron chi connectivity index (χ3n) is 3.61. The highest BCUT2D eigenvalue weighted by atomic mass is 35.5. The molecule has 1 saturated heterocycles. The second kappa shape index (κ2) is 6.40. The van der Waals surface area contributed by atoms with Crippen LogP contribution in [0.15, 0.2) is 43.0 Å². The molecule has 21 heavy (non-hydrogen) atoms. The minimum Gasteiger partial charge on any atom is -0.343 e. The number of hydrogen-bond acceptors (Lipinski definition) is 4. The Morgan fingerprint density at radius 2 is 2.19 bits per heavy atom. The van der Waals surface area contributed by atoms with Gasteiger partial charge in [0.25, 0.3) is 0 Å². The molecule has 0 radical (unpaired) electrons. The van der Waals surface area contributed by atoms with Gasteiger partial charge in [-0.1, -0.05) is 23.7 Å². The third kappa shape index (κ3) is 3.26. The molecule has 1 aromatic carbocycles. The number of aryl methyl sites for hydroxylation is 1. The molecule has 112 valence electrons. The van der Waals surface area contributed by atoms with Crippen molar-refractivity contribution in [2.24, 2.45) is 0 Å². The highest BCUT2D eigenvalue weighted by Crippen LogP contribution is 2.38. The maximum Gasteiger partial charge on any atom is 0.197 e. The number of thiol groups is 1. The first-order chi connectivity index (χ1) is 10.2. The van der Waals surface area contributed by atoms with Crippen LogP contribution in [0.1, 0.15) is 12.0 Å². The van der Waals surface area contributed by atoms with Crippen LogP contribution in [0, 0.1) is 0 Å². The highest BCUT2D eigenvalue weighted by molar-refractivity contribution is 7.80. The van der Waals surface area contributed by atoms with Gasteiger partial charge in [0.2, 0.25) is 0 Å². The Balaban J connectivity index is 1.82. The fraction of sp³-hybridized carbons (Fsp3) is 0.400. The predicted octanol–water partition coefficient (Wildman–Crippen LogP) is 3.12. The van der Waals surface area contributed by atoms with Gasteiger partial charge in [0.05, 0.1) is 19.0 Å². The van der Waals surface area contributed by atoms with Crippen LogP contribution in [0.2, 0.25) is 5.02 Å². The zero-order valence-electron chi connectivity index (χ0n) is 11.5. The number of rotatable bonds is 5. The van der Waals surface area contributed by atoms with Gasteiger partial charge in [0.1, 0.15) is 0 Å². The molecular weight excluding hydrogens is 308 g/mol. The van der Waals surface area contributed by atoms with Crippen LogP contribution in [0.25, 0.3) is 0 Å². The number of nitrogens with zero attached hydrogens (tertiary/aromatic N) is 2. The van der Waals surface area contributed by atoms with Crippen LogP contribution >= 0.6 is 24.2 Å². The smallest absolute Gasteiger partial charge is 0.197 e. The molecule has 0 unspecified atom stereocenters. The first-order valence-electron chi connectivity index (χ1n) is 6.86. The van der Waals surface area contributed by atoms with Gasteiger partial charge in [-0.2, -0.15) is 12.6 Å². The molecule has 0 N–H and O–H groups in total. The van der Waals surface area contributed by atoms with Crippen molar-refractivity contribution in [3.63, 3.8) is 0 Å². The molecule has 2 atom stereocenters. The van der Waals surface area contributed by atoms with Crippen molar-refractivity contribution < 1.29 is 9.47 Å². The maximum absolute atomic E-state index is 6.15. The number of halogens is 1. The zero-order valence-corrected chi connectivity index (χ0v) is 13.1. The van der Waals surface area contributed by atoms with Crippen molar-refractivity contribution in [1.29, 1.82) is 0 Å². The SMILES string of the molecule is SC[C@@H]1CO[C@@](CCn2ccnc2)(c2ccc(Cl)cc2)O1. The van der Waals surface area contributed by atoms with Crippen LogP contribution in [-0.2, 0) is 21.8 Å². The number of aromatic nitrogens is 2. The van der Waals surface area contributed by atoms with Crippen molar-refractivity contribution >= 4 is 24.2 Å². The average Bonchev–Trinajstić information content (AvgIpc) is 3.16. The zero-order chi connectivity index (χ0) is 14.7. The largest absolute Gasteiger partial charge is 0.343 e. The van der Waals surface area contributed by atoms with Crippen LogP contribution in [0.4, 0.5) is 0 Å². The fourth-order valence-electron chi connectivity index (χ4n) is 2.48.